The van der Waals surface area contributed by atoms with Crippen molar-refractivity contribution in [1.29, 1.82) is 0 Å². The summed E-state index contributed by atoms with van der Waals surface area (Å²) in [6.45, 7) is 1.99. The van der Waals surface area contributed by atoms with Gasteiger partial charge in [-0.2, -0.15) is 0 Å². The van der Waals surface area contributed by atoms with Gasteiger partial charge in [-0.25, -0.2) is 4.98 Å². The summed E-state index contributed by atoms with van der Waals surface area (Å²) in [7, 11) is 1.97. The van der Waals surface area contributed by atoms with Gasteiger partial charge >= 0.3 is 0 Å². The number of hydrogen-bond acceptors (Lipinski definition) is 5. The van der Waals surface area contributed by atoms with E-state index in [1.807, 2.05) is 85.3 Å². The summed E-state index contributed by atoms with van der Waals surface area (Å²) in [5.41, 5.74) is 3.41. The molecule has 154 valence electrons. The molecule has 0 saturated carbocycles. The summed E-state index contributed by atoms with van der Waals surface area (Å²) >= 11 is 1.34. The number of thioether (sulfide) groups is 1. The summed E-state index contributed by atoms with van der Waals surface area (Å²) < 4.78 is 2.01. The summed E-state index contributed by atoms with van der Waals surface area (Å²) in [6.07, 6.45) is 0.651. The van der Waals surface area contributed by atoms with E-state index in [0.717, 1.165) is 38.5 Å². The molecule has 0 fully saturated rings. The number of benzene rings is 3. The number of aromatic nitrogens is 4. The maximum Gasteiger partial charge on any atom is 0.237 e. The van der Waals surface area contributed by atoms with Crippen molar-refractivity contribution in [1.82, 2.24) is 19.7 Å². The number of amides is 1. The van der Waals surface area contributed by atoms with E-state index < -0.39 is 0 Å². The first kappa shape index (κ1) is 19.5. The molecule has 5 aromatic rings. The number of carbonyl (C=O) groups excluding carboxylic acids is 1. The predicted octanol–water partition coefficient (Wildman–Crippen LogP) is 5.18. The first-order valence-electron chi connectivity index (χ1n) is 10.2. The Morgan fingerprint density at radius 1 is 1.00 bits per heavy atom. The van der Waals surface area contributed by atoms with E-state index in [4.69, 9.17) is 4.98 Å². The molecule has 0 saturated heterocycles. The van der Waals surface area contributed by atoms with Crippen LogP contribution in [0.2, 0.25) is 0 Å². The van der Waals surface area contributed by atoms with Crippen LogP contribution in [0.3, 0.4) is 0 Å². The van der Waals surface area contributed by atoms with Crippen molar-refractivity contribution in [2.45, 2.75) is 23.8 Å². The zero-order chi connectivity index (χ0) is 21.4. The van der Waals surface area contributed by atoms with Gasteiger partial charge in [0.2, 0.25) is 11.1 Å². The molecular weight excluding hydrogens is 406 g/mol. The topological polar surface area (TPSA) is 72.7 Å². The van der Waals surface area contributed by atoms with Crippen LogP contribution in [0.5, 0.6) is 0 Å². The third-order valence-corrected chi connectivity index (χ3v) is 6.66. The van der Waals surface area contributed by atoms with Crippen LogP contribution in [0.15, 0.2) is 71.9 Å². The van der Waals surface area contributed by atoms with Crippen molar-refractivity contribution in [3.05, 3.63) is 66.7 Å². The normalized spacial score (nSPS) is 12.5. The second-order valence-corrected chi connectivity index (χ2v) is 8.54. The van der Waals surface area contributed by atoms with Gasteiger partial charge in [0.05, 0.1) is 10.8 Å². The molecule has 0 spiro atoms. The number of nitrogens with zero attached hydrogens (tertiary/aromatic N) is 4. The van der Waals surface area contributed by atoms with Gasteiger partial charge in [0.15, 0.2) is 5.65 Å². The Morgan fingerprint density at radius 2 is 1.74 bits per heavy atom. The lowest BCUT2D eigenvalue weighted by Crippen LogP contribution is -2.25. The average molecular weight is 428 g/mol. The van der Waals surface area contributed by atoms with Crippen molar-refractivity contribution in [2.24, 2.45) is 7.05 Å². The van der Waals surface area contributed by atoms with Crippen molar-refractivity contribution in [3.8, 4) is 0 Å². The van der Waals surface area contributed by atoms with Crippen molar-refractivity contribution in [2.75, 3.05) is 5.32 Å². The van der Waals surface area contributed by atoms with E-state index in [1.54, 1.807) is 0 Å². The van der Waals surface area contributed by atoms with E-state index in [-0.39, 0.29) is 11.2 Å². The standard InChI is InChI=1S/C24H21N5OS/c1-3-20(23(30)25-18-13-8-10-15-9-4-5-11-16(15)18)31-24-26-22-21(27-28-24)17-12-6-7-14-19(17)29(22)2/h4-14,20H,3H2,1-2H3,(H,25,30)/t20-/m1/s1. The molecule has 2 heterocycles. The first-order valence-corrected chi connectivity index (χ1v) is 11.1. The molecule has 7 heteroatoms. The van der Waals surface area contributed by atoms with Crippen LogP contribution in [0.1, 0.15) is 13.3 Å². The fraction of sp³-hybridized carbons (Fsp3) is 0.167. The Kier molecular flexibility index (Phi) is 5.03. The van der Waals surface area contributed by atoms with Crippen LogP contribution in [0.25, 0.3) is 32.8 Å². The van der Waals surface area contributed by atoms with Gasteiger partial charge in [-0.05, 0) is 23.9 Å². The molecule has 5 rings (SSSR count). The van der Waals surface area contributed by atoms with E-state index in [1.165, 1.54) is 11.8 Å². The Hall–Kier alpha value is -3.45. The van der Waals surface area contributed by atoms with Crippen LogP contribution in [0.4, 0.5) is 5.69 Å². The highest BCUT2D eigenvalue weighted by Crippen LogP contribution is 2.29. The van der Waals surface area contributed by atoms with Crippen molar-refractivity contribution >= 4 is 56.2 Å². The van der Waals surface area contributed by atoms with Crippen LogP contribution in [-0.4, -0.2) is 30.9 Å². The highest BCUT2D eigenvalue weighted by Gasteiger charge is 2.21. The second-order valence-electron chi connectivity index (χ2n) is 7.37. The number of anilines is 1. The molecule has 0 aliphatic rings. The molecule has 0 bridgehead atoms. The van der Waals surface area contributed by atoms with Gasteiger partial charge in [-0.15, -0.1) is 10.2 Å². The molecule has 0 unspecified atom stereocenters. The third kappa shape index (κ3) is 3.51. The lowest BCUT2D eigenvalue weighted by Gasteiger charge is -2.15. The summed E-state index contributed by atoms with van der Waals surface area (Å²) in [6, 6.07) is 22.0. The minimum absolute atomic E-state index is 0.0652. The molecule has 1 N–H and O–H groups in total. The number of aryl methyl sites for hydroxylation is 1. The monoisotopic (exact) mass is 427 g/mol. The molecule has 0 radical (unpaired) electrons. The van der Waals surface area contributed by atoms with E-state index in [2.05, 4.69) is 15.5 Å². The molecule has 2 aromatic heterocycles. The van der Waals surface area contributed by atoms with Gasteiger partial charge < -0.3 is 9.88 Å². The number of carbonyl (C=O) groups is 1. The smallest absolute Gasteiger partial charge is 0.237 e. The van der Waals surface area contributed by atoms with Gasteiger partial charge in [-0.3, -0.25) is 4.79 Å². The third-order valence-electron chi connectivity index (χ3n) is 5.45. The van der Waals surface area contributed by atoms with E-state index in [0.29, 0.717) is 11.6 Å². The number of rotatable bonds is 5. The number of fused-ring (bicyclic) bond motifs is 4. The largest absolute Gasteiger partial charge is 0.327 e. The lowest BCUT2D eigenvalue weighted by atomic mass is 10.1. The SMILES string of the molecule is CC[C@@H](Sc1nnc2c3ccccc3n(C)c2n1)C(=O)Nc1cccc2ccccc12. The quantitative estimate of drug-likeness (QED) is 0.391. The molecule has 0 aliphatic carbocycles. The van der Waals surface area contributed by atoms with Crippen LogP contribution < -0.4 is 5.32 Å². The molecule has 6 nitrogen and oxygen atoms in total. The summed E-state index contributed by atoms with van der Waals surface area (Å²) in [5.74, 6) is -0.0652. The maximum atomic E-state index is 13.1. The lowest BCUT2D eigenvalue weighted by molar-refractivity contribution is -0.115. The van der Waals surface area contributed by atoms with Crippen molar-refractivity contribution in [3.63, 3.8) is 0 Å². The average Bonchev–Trinajstić information content (AvgIpc) is 3.09. The molecule has 1 amide bonds. The highest BCUT2D eigenvalue weighted by molar-refractivity contribution is 8.00. The van der Waals surface area contributed by atoms with Gasteiger partial charge in [0.25, 0.3) is 0 Å². The molecule has 1 atom stereocenters. The Bertz CT molecular complexity index is 1420. The van der Waals surface area contributed by atoms with Gasteiger partial charge in [0, 0.05) is 23.5 Å². The second kappa shape index (κ2) is 8.00. The van der Waals surface area contributed by atoms with Crippen LogP contribution in [0, 0.1) is 0 Å². The number of nitrogens with one attached hydrogen (secondary N) is 1. The molecule has 3 aromatic carbocycles. The maximum absolute atomic E-state index is 13.1. The fourth-order valence-electron chi connectivity index (χ4n) is 3.84. The minimum Gasteiger partial charge on any atom is -0.327 e. The van der Waals surface area contributed by atoms with E-state index >= 15 is 0 Å². The first-order chi connectivity index (χ1) is 15.2. The Morgan fingerprint density at radius 3 is 2.58 bits per heavy atom. The number of para-hydroxylation sites is 1. The minimum atomic E-state index is -0.326. The van der Waals surface area contributed by atoms with Crippen LogP contribution in [-0.2, 0) is 11.8 Å². The summed E-state index contributed by atoms with van der Waals surface area (Å²) in [5, 5.41) is 15.1. The van der Waals surface area contributed by atoms with Gasteiger partial charge in [-0.1, -0.05) is 73.3 Å². The van der Waals surface area contributed by atoms with Crippen LogP contribution >= 0.6 is 11.8 Å². The molecule has 0 aliphatic heterocycles. The zero-order valence-electron chi connectivity index (χ0n) is 17.2. The molecule has 31 heavy (non-hydrogen) atoms. The Labute approximate surface area is 183 Å². The number of hydrogen-bond donors (Lipinski definition) is 1. The summed E-state index contributed by atoms with van der Waals surface area (Å²) in [4.78, 5) is 17.8. The predicted molar refractivity (Wildman–Crippen MR) is 126 cm³/mol. The van der Waals surface area contributed by atoms with Gasteiger partial charge in [0.1, 0.15) is 5.52 Å². The highest BCUT2D eigenvalue weighted by atomic mass is 32.2. The zero-order valence-corrected chi connectivity index (χ0v) is 18.1. The fourth-order valence-corrected chi connectivity index (χ4v) is 4.65. The van der Waals surface area contributed by atoms with E-state index in [9.17, 15) is 4.79 Å². The molecular formula is C24H21N5OS. The Balaban J connectivity index is 1.42. The van der Waals surface area contributed by atoms with Crippen molar-refractivity contribution < 1.29 is 4.79 Å².